The summed E-state index contributed by atoms with van der Waals surface area (Å²) in [6.07, 6.45) is -0.461. The maximum absolute atomic E-state index is 12.5. The summed E-state index contributed by atoms with van der Waals surface area (Å²) in [5.74, 6) is -0.261. The van der Waals surface area contributed by atoms with Gasteiger partial charge in [-0.1, -0.05) is 48.5 Å². The van der Waals surface area contributed by atoms with Crippen LogP contribution in [0.2, 0.25) is 0 Å². The summed E-state index contributed by atoms with van der Waals surface area (Å²) >= 11 is 0. The molecule has 3 N–H and O–H groups in total. The number of carbonyl (C=O) groups is 2. The minimum Gasteiger partial charge on any atom is -0.391 e. The predicted molar refractivity (Wildman–Crippen MR) is 94.9 cm³/mol. The van der Waals surface area contributed by atoms with E-state index in [4.69, 9.17) is 0 Å². The molecule has 130 valence electrons. The minimum atomic E-state index is -0.700. The predicted octanol–water partition coefficient (Wildman–Crippen LogP) is 1.97. The van der Waals surface area contributed by atoms with Gasteiger partial charge in [0, 0.05) is 25.2 Å². The van der Waals surface area contributed by atoms with Crippen molar-refractivity contribution in [2.24, 2.45) is 0 Å². The minimum absolute atomic E-state index is 0.141. The van der Waals surface area contributed by atoms with E-state index in [2.05, 4.69) is 10.6 Å². The van der Waals surface area contributed by atoms with Crippen molar-refractivity contribution in [3.63, 3.8) is 0 Å². The Hall–Kier alpha value is -2.86. The SMILES string of the molecule is O=C(NCc1ccccc1)[C@@H]1C[C@@H](O)CN1C(=O)Nc1ccccc1. The molecule has 25 heavy (non-hydrogen) atoms. The Labute approximate surface area is 146 Å². The number of urea groups is 1. The van der Waals surface area contributed by atoms with Gasteiger partial charge in [-0.3, -0.25) is 4.79 Å². The van der Waals surface area contributed by atoms with E-state index in [0.29, 0.717) is 12.2 Å². The lowest BCUT2D eigenvalue weighted by atomic mass is 10.1. The average Bonchev–Trinajstić information content (AvgIpc) is 3.03. The summed E-state index contributed by atoms with van der Waals surface area (Å²) in [7, 11) is 0. The van der Waals surface area contributed by atoms with Crippen LogP contribution in [0.25, 0.3) is 0 Å². The quantitative estimate of drug-likeness (QED) is 0.796. The molecule has 1 heterocycles. The first-order valence-corrected chi connectivity index (χ1v) is 8.26. The van der Waals surface area contributed by atoms with Crippen molar-refractivity contribution in [3.05, 3.63) is 66.2 Å². The van der Waals surface area contributed by atoms with Crippen molar-refractivity contribution < 1.29 is 14.7 Å². The molecule has 1 aliphatic heterocycles. The molecule has 3 rings (SSSR count). The van der Waals surface area contributed by atoms with Gasteiger partial charge in [0.1, 0.15) is 6.04 Å². The van der Waals surface area contributed by atoms with Crippen molar-refractivity contribution >= 4 is 17.6 Å². The molecule has 0 spiro atoms. The van der Waals surface area contributed by atoms with Gasteiger partial charge in [0.2, 0.25) is 5.91 Å². The number of nitrogens with one attached hydrogen (secondary N) is 2. The van der Waals surface area contributed by atoms with Gasteiger partial charge in [-0.15, -0.1) is 0 Å². The summed E-state index contributed by atoms with van der Waals surface area (Å²) in [5, 5.41) is 15.5. The lowest BCUT2D eigenvalue weighted by Crippen LogP contribution is -2.47. The molecule has 0 unspecified atom stereocenters. The Balaban J connectivity index is 1.62. The van der Waals surface area contributed by atoms with Crippen molar-refractivity contribution in [2.75, 3.05) is 11.9 Å². The molecular weight excluding hydrogens is 318 g/mol. The van der Waals surface area contributed by atoms with Crippen LogP contribution in [0.3, 0.4) is 0 Å². The van der Waals surface area contributed by atoms with Gasteiger partial charge in [-0.05, 0) is 17.7 Å². The van der Waals surface area contributed by atoms with Crippen LogP contribution in [0.1, 0.15) is 12.0 Å². The van der Waals surface area contributed by atoms with Crippen LogP contribution < -0.4 is 10.6 Å². The van der Waals surface area contributed by atoms with Gasteiger partial charge in [0.05, 0.1) is 6.10 Å². The summed E-state index contributed by atoms with van der Waals surface area (Å²) in [6, 6.07) is 17.5. The molecule has 0 aromatic heterocycles. The average molecular weight is 339 g/mol. The molecule has 6 heteroatoms. The molecule has 0 saturated carbocycles. The van der Waals surface area contributed by atoms with Crippen LogP contribution in [-0.2, 0) is 11.3 Å². The molecule has 2 atom stereocenters. The van der Waals surface area contributed by atoms with Gasteiger partial charge >= 0.3 is 6.03 Å². The van der Waals surface area contributed by atoms with Gasteiger partial charge in [-0.2, -0.15) is 0 Å². The first-order valence-electron chi connectivity index (χ1n) is 8.26. The second kappa shape index (κ2) is 7.81. The van der Waals surface area contributed by atoms with E-state index in [9.17, 15) is 14.7 Å². The summed E-state index contributed by atoms with van der Waals surface area (Å²) in [6.45, 7) is 0.530. The molecule has 1 fully saturated rings. The summed E-state index contributed by atoms with van der Waals surface area (Å²) < 4.78 is 0. The number of para-hydroxylation sites is 1. The Kier molecular flexibility index (Phi) is 5.30. The highest BCUT2D eigenvalue weighted by atomic mass is 16.3. The van der Waals surface area contributed by atoms with Gasteiger partial charge in [0.25, 0.3) is 0 Å². The normalized spacial score (nSPS) is 19.5. The third kappa shape index (κ3) is 4.36. The van der Waals surface area contributed by atoms with Crippen molar-refractivity contribution in [3.8, 4) is 0 Å². The number of rotatable bonds is 4. The number of hydrogen-bond donors (Lipinski definition) is 3. The number of carbonyl (C=O) groups excluding carboxylic acids is 2. The van der Waals surface area contributed by atoms with Crippen LogP contribution in [0, 0.1) is 0 Å². The first-order chi connectivity index (χ1) is 12.1. The summed E-state index contributed by atoms with van der Waals surface area (Å²) in [5.41, 5.74) is 1.63. The number of β-amino-alcohol motifs (C(OH)–C–C–N with tert-alkyl or cyclic N) is 1. The Morgan fingerprint density at radius 3 is 2.36 bits per heavy atom. The highest BCUT2D eigenvalue weighted by Gasteiger charge is 2.38. The molecule has 1 saturated heterocycles. The lowest BCUT2D eigenvalue weighted by Gasteiger charge is -2.24. The van der Waals surface area contributed by atoms with Crippen molar-refractivity contribution in [1.29, 1.82) is 0 Å². The number of benzene rings is 2. The monoisotopic (exact) mass is 339 g/mol. The molecule has 0 bridgehead atoms. The van der Waals surface area contributed by atoms with E-state index in [-0.39, 0.29) is 24.9 Å². The Morgan fingerprint density at radius 2 is 1.68 bits per heavy atom. The fraction of sp³-hybridized carbons (Fsp3) is 0.263. The zero-order valence-corrected chi connectivity index (χ0v) is 13.8. The van der Waals surface area contributed by atoms with Gasteiger partial charge in [-0.25, -0.2) is 4.79 Å². The Bertz CT molecular complexity index is 721. The highest BCUT2D eigenvalue weighted by Crippen LogP contribution is 2.20. The summed E-state index contributed by atoms with van der Waals surface area (Å²) in [4.78, 5) is 26.3. The zero-order chi connectivity index (χ0) is 17.6. The number of aliphatic hydroxyl groups excluding tert-OH is 1. The molecule has 2 aromatic carbocycles. The fourth-order valence-electron chi connectivity index (χ4n) is 2.91. The number of likely N-dealkylation sites (tertiary alicyclic amines) is 1. The van der Waals surface area contributed by atoms with E-state index in [1.807, 2.05) is 48.5 Å². The third-order valence-electron chi connectivity index (χ3n) is 4.18. The van der Waals surface area contributed by atoms with E-state index >= 15 is 0 Å². The largest absolute Gasteiger partial charge is 0.391 e. The molecule has 0 radical (unpaired) electrons. The van der Waals surface area contributed by atoms with Crippen LogP contribution in [0.4, 0.5) is 10.5 Å². The molecular formula is C19H21N3O3. The number of nitrogens with zero attached hydrogens (tertiary/aromatic N) is 1. The van der Waals surface area contributed by atoms with E-state index in [1.165, 1.54) is 4.90 Å². The molecule has 2 aromatic rings. The molecule has 1 aliphatic rings. The first kappa shape index (κ1) is 17.0. The smallest absolute Gasteiger partial charge is 0.322 e. The topological polar surface area (TPSA) is 81.7 Å². The maximum atomic E-state index is 12.5. The molecule has 3 amide bonds. The number of amides is 3. The standard InChI is InChI=1S/C19H21N3O3/c23-16-11-17(18(24)20-12-14-7-3-1-4-8-14)22(13-16)19(25)21-15-9-5-2-6-10-15/h1-10,16-17,23H,11-13H2,(H,20,24)(H,21,25)/t16-,17+/m1/s1. The number of aliphatic hydroxyl groups is 1. The van der Waals surface area contributed by atoms with Crippen molar-refractivity contribution in [1.82, 2.24) is 10.2 Å². The molecule has 0 aliphatic carbocycles. The van der Waals surface area contributed by atoms with Crippen LogP contribution in [-0.4, -0.2) is 40.6 Å². The number of anilines is 1. The zero-order valence-electron chi connectivity index (χ0n) is 13.8. The number of hydrogen-bond acceptors (Lipinski definition) is 3. The Morgan fingerprint density at radius 1 is 1.04 bits per heavy atom. The van der Waals surface area contributed by atoms with E-state index < -0.39 is 12.1 Å². The van der Waals surface area contributed by atoms with Gasteiger partial charge < -0.3 is 20.6 Å². The third-order valence-corrected chi connectivity index (χ3v) is 4.18. The van der Waals surface area contributed by atoms with E-state index in [1.54, 1.807) is 12.1 Å². The van der Waals surface area contributed by atoms with Gasteiger partial charge in [0.15, 0.2) is 0 Å². The van der Waals surface area contributed by atoms with E-state index in [0.717, 1.165) is 5.56 Å². The second-order valence-electron chi connectivity index (χ2n) is 6.06. The fourth-order valence-corrected chi connectivity index (χ4v) is 2.91. The second-order valence-corrected chi connectivity index (χ2v) is 6.06. The lowest BCUT2D eigenvalue weighted by molar-refractivity contribution is -0.124. The van der Waals surface area contributed by atoms with Crippen LogP contribution in [0.5, 0.6) is 0 Å². The van der Waals surface area contributed by atoms with Crippen LogP contribution >= 0.6 is 0 Å². The van der Waals surface area contributed by atoms with Crippen LogP contribution in [0.15, 0.2) is 60.7 Å². The van der Waals surface area contributed by atoms with Crippen molar-refractivity contribution in [2.45, 2.75) is 25.1 Å². The highest BCUT2D eigenvalue weighted by molar-refractivity contribution is 5.94. The molecule has 6 nitrogen and oxygen atoms in total. The maximum Gasteiger partial charge on any atom is 0.322 e.